The van der Waals surface area contributed by atoms with Crippen LogP contribution in [0.2, 0.25) is 0 Å². The predicted octanol–water partition coefficient (Wildman–Crippen LogP) is 3.55. The number of hydrogen-bond donors (Lipinski definition) is 2. The maximum atomic E-state index is 12.4. The zero-order valence-corrected chi connectivity index (χ0v) is 17.1. The summed E-state index contributed by atoms with van der Waals surface area (Å²) in [5.74, 6) is 0.791. The first-order valence-electron chi connectivity index (χ1n) is 8.75. The highest BCUT2D eigenvalue weighted by Gasteiger charge is 2.23. The first-order chi connectivity index (χ1) is 11.0. The summed E-state index contributed by atoms with van der Waals surface area (Å²) in [7, 11) is 2.07. The van der Waals surface area contributed by atoms with Gasteiger partial charge >= 0.3 is 0 Å². The average molecular weight is 391 g/mol. The minimum absolute atomic E-state index is 0. The number of carbonyl (C=O) groups excluding carboxylic acids is 1. The molecule has 1 amide bonds. The Kier molecular flexibility index (Phi) is 10.4. The molecule has 0 aromatic carbocycles. The van der Waals surface area contributed by atoms with Crippen molar-refractivity contribution in [2.24, 2.45) is 5.73 Å². The second kappa shape index (κ2) is 10.8. The lowest BCUT2D eigenvalue weighted by Crippen LogP contribution is -2.49. The van der Waals surface area contributed by atoms with Crippen LogP contribution < -0.4 is 16.0 Å². The van der Waals surface area contributed by atoms with E-state index in [-0.39, 0.29) is 36.3 Å². The molecule has 0 aliphatic heterocycles. The molecule has 1 fully saturated rings. The Balaban J connectivity index is 0.00000288. The summed E-state index contributed by atoms with van der Waals surface area (Å²) in [6.45, 7) is 4.60. The third-order valence-corrected chi connectivity index (χ3v) is 5.25. The lowest BCUT2D eigenvalue weighted by atomic mass is 9.94. The van der Waals surface area contributed by atoms with Gasteiger partial charge in [-0.25, -0.2) is 4.98 Å². The molecule has 1 heterocycles. The quantitative estimate of drug-likeness (QED) is 0.746. The molecule has 1 saturated carbocycles. The highest BCUT2D eigenvalue weighted by Crippen LogP contribution is 2.26. The second-order valence-corrected chi connectivity index (χ2v) is 6.70. The van der Waals surface area contributed by atoms with E-state index in [0.29, 0.717) is 18.2 Å². The Labute approximate surface area is 164 Å². The predicted molar refractivity (Wildman–Crippen MR) is 109 cm³/mol. The van der Waals surface area contributed by atoms with Crippen molar-refractivity contribution in [2.75, 3.05) is 18.5 Å². The van der Waals surface area contributed by atoms with E-state index in [1.165, 1.54) is 25.7 Å². The Bertz CT molecular complexity index is 532. The van der Waals surface area contributed by atoms with Crippen LogP contribution in [0.15, 0.2) is 18.3 Å². The Morgan fingerprint density at radius 1 is 1.32 bits per heavy atom. The van der Waals surface area contributed by atoms with Gasteiger partial charge in [0, 0.05) is 36.9 Å². The lowest BCUT2D eigenvalue weighted by molar-refractivity contribution is 0.0942. The summed E-state index contributed by atoms with van der Waals surface area (Å²) in [4.78, 5) is 19.0. The number of carbonyl (C=O) groups is 1. The normalized spacial score (nSPS) is 14.4. The van der Waals surface area contributed by atoms with Crippen LogP contribution in [0.5, 0.6) is 0 Å². The minimum Gasteiger partial charge on any atom is -0.357 e. The average Bonchev–Trinajstić information content (AvgIpc) is 3.13. The van der Waals surface area contributed by atoms with Gasteiger partial charge in [-0.2, -0.15) is 0 Å². The number of aromatic nitrogens is 1. The number of nitrogens with zero attached hydrogens (tertiary/aromatic N) is 2. The maximum absolute atomic E-state index is 12.4. The summed E-state index contributed by atoms with van der Waals surface area (Å²) in [5, 5.41) is 2.97. The van der Waals surface area contributed by atoms with Gasteiger partial charge in [0.15, 0.2) is 0 Å². The standard InChI is InChI=1S/C18H30N4O.2ClH/c1-4-18(19,5-2)13-21-17(23)14-10-11-20-16(12-14)22(3)15-8-6-7-9-15;;/h10-12,15H,4-9,13,19H2,1-3H3,(H,21,23);2*1H. The molecule has 0 unspecified atom stereocenters. The molecule has 5 nitrogen and oxygen atoms in total. The third-order valence-electron chi connectivity index (χ3n) is 5.25. The molecule has 144 valence electrons. The molecular weight excluding hydrogens is 359 g/mol. The fourth-order valence-corrected chi connectivity index (χ4v) is 3.09. The van der Waals surface area contributed by atoms with Gasteiger partial charge in [0.25, 0.3) is 5.91 Å². The Hall–Kier alpha value is -1.04. The monoisotopic (exact) mass is 390 g/mol. The zero-order valence-electron chi connectivity index (χ0n) is 15.5. The molecule has 0 bridgehead atoms. The van der Waals surface area contributed by atoms with E-state index in [9.17, 15) is 4.79 Å². The summed E-state index contributed by atoms with van der Waals surface area (Å²) < 4.78 is 0. The van der Waals surface area contributed by atoms with Gasteiger partial charge < -0.3 is 16.0 Å². The first kappa shape index (κ1) is 24.0. The zero-order chi connectivity index (χ0) is 16.9. The van der Waals surface area contributed by atoms with E-state index in [1.54, 1.807) is 12.3 Å². The van der Waals surface area contributed by atoms with Gasteiger partial charge in [0.05, 0.1) is 0 Å². The molecule has 2 rings (SSSR count). The number of halogens is 2. The Morgan fingerprint density at radius 3 is 2.48 bits per heavy atom. The van der Waals surface area contributed by atoms with E-state index in [2.05, 4.69) is 36.1 Å². The van der Waals surface area contributed by atoms with Crippen LogP contribution in [0.3, 0.4) is 0 Å². The Morgan fingerprint density at radius 2 is 1.92 bits per heavy atom. The summed E-state index contributed by atoms with van der Waals surface area (Å²) in [5.41, 5.74) is 6.57. The van der Waals surface area contributed by atoms with Crippen LogP contribution >= 0.6 is 24.8 Å². The number of hydrogen-bond acceptors (Lipinski definition) is 4. The fraction of sp³-hybridized carbons (Fsp3) is 0.667. The van der Waals surface area contributed by atoms with Crippen molar-refractivity contribution in [3.63, 3.8) is 0 Å². The largest absolute Gasteiger partial charge is 0.357 e. The molecule has 0 spiro atoms. The van der Waals surface area contributed by atoms with Crippen LogP contribution in [0.1, 0.15) is 62.7 Å². The van der Waals surface area contributed by atoms with Gasteiger partial charge in [-0.3, -0.25) is 4.79 Å². The topological polar surface area (TPSA) is 71.2 Å². The van der Waals surface area contributed by atoms with E-state index in [4.69, 9.17) is 5.73 Å². The van der Waals surface area contributed by atoms with Gasteiger partial charge in [-0.05, 0) is 37.8 Å². The number of nitrogens with one attached hydrogen (secondary N) is 1. The molecule has 25 heavy (non-hydrogen) atoms. The molecule has 0 atom stereocenters. The van der Waals surface area contributed by atoms with E-state index >= 15 is 0 Å². The molecule has 1 aliphatic carbocycles. The van der Waals surface area contributed by atoms with Crippen LogP contribution in [0.4, 0.5) is 5.82 Å². The summed E-state index contributed by atoms with van der Waals surface area (Å²) in [6.07, 6.45) is 8.37. The first-order valence-corrected chi connectivity index (χ1v) is 8.75. The molecule has 0 saturated heterocycles. The second-order valence-electron chi connectivity index (χ2n) is 6.70. The minimum atomic E-state index is -0.327. The molecular formula is C18H32Cl2N4O. The SMILES string of the molecule is CCC(N)(CC)CNC(=O)c1ccnc(N(C)C2CCCC2)c1.Cl.Cl. The van der Waals surface area contributed by atoms with E-state index in [1.807, 2.05) is 6.07 Å². The molecule has 7 heteroatoms. The molecule has 3 N–H and O–H groups in total. The number of amides is 1. The van der Waals surface area contributed by atoms with Crippen molar-refractivity contribution in [3.8, 4) is 0 Å². The van der Waals surface area contributed by atoms with Crippen molar-refractivity contribution < 1.29 is 4.79 Å². The molecule has 1 aromatic rings. The van der Waals surface area contributed by atoms with Crippen molar-refractivity contribution >= 4 is 36.5 Å². The highest BCUT2D eigenvalue weighted by molar-refractivity contribution is 5.94. The number of nitrogens with two attached hydrogens (primary N) is 1. The van der Waals surface area contributed by atoms with Crippen LogP contribution in [0, 0.1) is 0 Å². The fourth-order valence-electron chi connectivity index (χ4n) is 3.09. The van der Waals surface area contributed by atoms with Crippen LogP contribution in [0.25, 0.3) is 0 Å². The smallest absolute Gasteiger partial charge is 0.251 e. The van der Waals surface area contributed by atoms with Gasteiger partial charge in [-0.15, -0.1) is 24.8 Å². The number of rotatable bonds is 7. The molecule has 1 aromatic heterocycles. The van der Waals surface area contributed by atoms with Crippen molar-refractivity contribution in [3.05, 3.63) is 23.9 Å². The summed E-state index contributed by atoms with van der Waals surface area (Å²) >= 11 is 0. The van der Waals surface area contributed by atoms with Gasteiger partial charge in [0.1, 0.15) is 5.82 Å². The lowest BCUT2D eigenvalue weighted by Gasteiger charge is -2.27. The molecule has 0 radical (unpaired) electrons. The molecule has 1 aliphatic rings. The van der Waals surface area contributed by atoms with E-state index < -0.39 is 0 Å². The van der Waals surface area contributed by atoms with Crippen LogP contribution in [-0.4, -0.2) is 36.1 Å². The van der Waals surface area contributed by atoms with Crippen LogP contribution in [-0.2, 0) is 0 Å². The number of anilines is 1. The number of pyridine rings is 1. The maximum Gasteiger partial charge on any atom is 0.251 e. The van der Waals surface area contributed by atoms with Gasteiger partial charge in [0.2, 0.25) is 0 Å². The van der Waals surface area contributed by atoms with Gasteiger partial charge in [-0.1, -0.05) is 26.7 Å². The van der Waals surface area contributed by atoms with Crippen molar-refractivity contribution in [1.82, 2.24) is 10.3 Å². The van der Waals surface area contributed by atoms with Crippen molar-refractivity contribution in [1.29, 1.82) is 0 Å². The van der Waals surface area contributed by atoms with Crippen molar-refractivity contribution in [2.45, 2.75) is 64.0 Å². The van der Waals surface area contributed by atoms with E-state index in [0.717, 1.165) is 18.7 Å². The summed E-state index contributed by atoms with van der Waals surface area (Å²) in [6, 6.07) is 4.18. The highest BCUT2D eigenvalue weighted by atomic mass is 35.5. The third kappa shape index (κ3) is 6.32.